The van der Waals surface area contributed by atoms with Crippen LogP contribution in [-0.2, 0) is 16.4 Å². The molecule has 0 unspecified atom stereocenters. The normalized spacial score (nSPS) is 12.3. The first-order valence-corrected chi connectivity index (χ1v) is 9.93. The van der Waals surface area contributed by atoms with Crippen LogP contribution in [0, 0.1) is 11.6 Å². The monoisotopic (exact) mass is 407 g/mol. The lowest BCUT2D eigenvalue weighted by Gasteiger charge is -2.20. The van der Waals surface area contributed by atoms with Crippen molar-refractivity contribution in [3.63, 3.8) is 0 Å². The van der Waals surface area contributed by atoms with E-state index < -0.39 is 27.2 Å². The fraction of sp³-hybridized carbons (Fsp3) is 0.263. The highest BCUT2D eigenvalue weighted by molar-refractivity contribution is 7.89. The molecule has 3 aromatic rings. The molecule has 3 rings (SSSR count). The van der Waals surface area contributed by atoms with Gasteiger partial charge in [0.1, 0.15) is 11.6 Å². The van der Waals surface area contributed by atoms with Crippen molar-refractivity contribution in [2.45, 2.75) is 37.6 Å². The second-order valence-corrected chi connectivity index (χ2v) is 8.99. The molecule has 9 heteroatoms. The molecular weight excluding hydrogens is 388 g/mol. The number of benzene rings is 2. The third-order valence-corrected chi connectivity index (χ3v) is 5.42. The van der Waals surface area contributed by atoms with E-state index >= 15 is 0 Å². The van der Waals surface area contributed by atoms with Gasteiger partial charge >= 0.3 is 0 Å². The van der Waals surface area contributed by atoms with E-state index in [1.807, 2.05) is 0 Å². The number of nitrogens with one attached hydrogen (secondary N) is 1. The number of aromatic nitrogens is 2. The molecule has 1 aromatic heterocycles. The summed E-state index contributed by atoms with van der Waals surface area (Å²) < 4.78 is 59.5. The number of rotatable bonds is 5. The average molecular weight is 407 g/mol. The molecule has 0 aliphatic heterocycles. The van der Waals surface area contributed by atoms with Crippen LogP contribution in [0.3, 0.4) is 0 Å². The Morgan fingerprint density at radius 1 is 1.11 bits per heavy atom. The van der Waals surface area contributed by atoms with Crippen LogP contribution in [0.15, 0.2) is 51.9 Å². The van der Waals surface area contributed by atoms with Crippen LogP contribution in [0.4, 0.5) is 8.78 Å². The molecule has 0 radical (unpaired) electrons. The Hall–Kier alpha value is -2.65. The number of hydrogen-bond acceptors (Lipinski definition) is 5. The van der Waals surface area contributed by atoms with Crippen molar-refractivity contribution >= 4 is 10.0 Å². The molecule has 0 atom stereocenters. The van der Waals surface area contributed by atoms with Crippen LogP contribution >= 0.6 is 0 Å². The second kappa shape index (κ2) is 7.40. The largest absolute Gasteiger partial charge is 0.334 e. The van der Waals surface area contributed by atoms with Gasteiger partial charge in [0, 0.05) is 23.6 Å². The molecular formula is C19H19F2N3O3S. The van der Waals surface area contributed by atoms with E-state index in [2.05, 4.69) is 14.9 Å². The molecule has 6 nitrogen and oxygen atoms in total. The second-order valence-electron chi connectivity index (χ2n) is 7.31. The first-order chi connectivity index (χ1) is 13.0. The van der Waals surface area contributed by atoms with Crippen molar-refractivity contribution in [3.8, 4) is 11.5 Å². The average Bonchev–Trinajstić information content (AvgIpc) is 3.04. The Labute approximate surface area is 161 Å². The van der Waals surface area contributed by atoms with Gasteiger partial charge in [-0.3, -0.25) is 0 Å². The Morgan fingerprint density at radius 2 is 1.86 bits per heavy atom. The molecule has 1 heterocycles. The summed E-state index contributed by atoms with van der Waals surface area (Å²) in [6, 6.07) is 9.32. The standard InChI is InChI=1S/C19H19F2N3O3S/c1-19(2,3)24-28(25,26)15-6-4-5-13(9-15)18-22-17(23-27-18)10-12-7-8-14(20)11-16(12)21/h4-9,11,24H,10H2,1-3H3. The lowest BCUT2D eigenvalue weighted by Crippen LogP contribution is -2.40. The number of hydrogen-bond donors (Lipinski definition) is 1. The van der Waals surface area contributed by atoms with Crippen LogP contribution in [-0.4, -0.2) is 24.1 Å². The van der Waals surface area contributed by atoms with E-state index in [-0.39, 0.29) is 28.6 Å². The summed E-state index contributed by atoms with van der Waals surface area (Å²) in [6.45, 7) is 5.23. The molecule has 1 N–H and O–H groups in total. The van der Waals surface area contributed by atoms with Gasteiger partial charge in [0.15, 0.2) is 5.82 Å². The van der Waals surface area contributed by atoms with Gasteiger partial charge in [-0.2, -0.15) is 4.98 Å². The molecule has 28 heavy (non-hydrogen) atoms. The molecule has 0 aliphatic carbocycles. The highest BCUT2D eigenvalue weighted by atomic mass is 32.2. The number of halogens is 2. The summed E-state index contributed by atoms with van der Waals surface area (Å²) in [4.78, 5) is 4.24. The zero-order valence-electron chi connectivity index (χ0n) is 15.5. The number of sulfonamides is 1. The van der Waals surface area contributed by atoms with Gasteiger partial charge < -0.3 is 4.52 Å². The van der Waals surface area contributed by atoms with E-state index in [4.69, 9.17) is 4.52 Å². The molecule has 0 saturated heterocycles. The van der Waals surface area contributed by atoms with Crippen molar-refractivity contribution in [2.75, 3.05) is 0 Å². The highest BCUT2D eigenvalue weighted by Gasteiger charge is 2.23. The molecule has 0 aliphatic rings. The van der Waals surface area contributed by atoms with Crippen molar-refractivity contribution in [2.24, 2.45) is 0 Å². The molecule has 0 bridgehead atoms. The van der Waals surface area contributed by atoms with E-state index in [0.717, 1.165) is 12.1 Å². The quantitative estimate of drug-likeness (QED) is 0.697. The summed E-state index contributed by atoms with van der Waals surface area (Å²) in [5, 5.41) is 3.79. The van der Waals surface area contributed by atoms with Crippen molar-refractivity contribution in [1.29, 1.82) is 0 Å². The van der Waals surface area contributed by atoms with Gasteiger partial charge in [0.2, 0.25) is 10.0 Å². The fourth-order valence-electron chi connectivity index (χ4n) is 2.54. The van der Waals surface area contributed by atoms with Crippen molar-refractivity contribution in [1.82, 2.24) is 14.9 Å². The Kier molecular flexibility index (Phi) is 5.31. The molecule has 2 aromatic carbocycles. The maximum absolute atomic E-state index is 13.8. The van der Waals surface area contributed by atoms with Crippen LogP contribution in [0.2, 0.25) is 0 Å². The minimum atomic E-state index is -3.72. The van der Waals surface area contributed by atoms with E-state index in [9.17, 15) is 17.2 Å². The van der Waals surface area contributed by atoms with Gasteiger partial charge in [-0.15, -0.1) is 0 Å². The van der Waals surface area contributed by atoms with E-state index in [1.54, 1.807) is 32.9 Å². The third-order valence-electron chi connectivity index (χ3n) is 3.66. The maximum atomic E-state index is 13.8. The molecule has 0 amide bonds. The van der Waals surface area contributed by atoms with E-state index in [0.29, 0.717) is 5.56 Å². The summed E-state index contributed by atoms with van der Waals surface area (Å²) >= 11 is 0. The van der Waals surface area contributed by atoms with Gasteiger partial charge in [-0.1, -0.05) is 17.3 Å². The van der Waals surface area contributed by atoms with Crippen LogP contribution in [0.1, 0.15) is 32.2 Å². The molecule has 0 saturated carbocycles. The van der Waals surface area contributed by atoms with Gasteiger partial charge in [-0.05, 0) is 50.6 Å². The van der Waals surface area contributed by atoms with Crippen LogP contribution in [0.25, 0.3) is 11.5 Å². The minimum absolute atomic E-state index is 0.0131. The number of nitrogens with zero attached hydrogens (tertiary/aromatic N) is 2. The Morgan fingerprint density at radius 3 is 2.54 bits per heavy atom. The molecule has 0 spiro atoms. The summed E-state index contributed by atoms with van der Waals surface area (Å²) in [7, 11) is -3.72. The van der Waals surface area contributed by atoms with Gasteiger partial charge in [0.25, 0.3) is 5.89 Å². The lowest BCUT2D eigenvalue weighted by atomic mass is 10.1. The van der Waals surface area contributed by atoms with Crippen LogP contribution in [0.5, 0.6) is 0 Å². The molecule has 148 valence electrons. The summed E-state index contributed by atoms with van der Waals surface area (Å²) in [6.07, 6.45) is 0.0131. The molecule has 0 fully saturated rings. The third kappa shape index (κ3) is 4.79. The zero-order valence-corrected chi connectivity index (χ0v) is 16.3. The van der Waals surface area contributed by atoms with Crippen LogP contribution < -0.4 is 4.72 Å². The topological polar surface area (TPSA) is 85.1 Å². The highest BCUT2D eigenvalue weighted by Crippen LogP contribution is 2.23. The zero-order chi connectivity index (χ0) is 20.5. The maximum Gasteiger partial charge on any atom is 0.257 e. The predicted molar refractivity (Wildman–Crippen MR) is 99.0 cm³/mol. The smallest absolute Gasteiger partial charge is 0.257 e. The SMILES string of the molecule is CC(C)(C)NS(=O)(=O)c1cccc(-c2nc(Cc3ccc(F)cc3F)no2)c1. The lowest BCUT2D eigenvalue weighted by molar-refractivity contribution is 0.423. The first-order valence-electron chi connectivity index (χ1n) is 8.44. The summed E-state index contributed by atoms with van der Waals surface area (Å²) in [5.74, 6) is -1.07. The van der Waals surface area contributed by atoms with E-state index in [1.165, 1.54) is 18.2 Å². The Balaban J connectivity index is 1.86. The van der Waals surface area contributed by atoms with Crippen molar-refractivity contribution < 1.29 is 21.7 Å². The van der Waals surface area contributed by atoms with Crippen molar-refractivity contribution in [3.05, 3.63) is 65.5 Å². The Bertz CT molecular complexity index is 1110. The fourth-order valence-corrected chi connectivity index (χ4v) is 4.00. The van der Waals surface area contributed by atoms with Gasteiger partial charge in [0.05, 0.1) is 4.90 Å². The van der Waals surface area contributed by atoms with Gasteiger partial charge in [-0.25, -0.2) is 21.9 Å². The minimum Gasteiger partial charge on any atom is -0.334 e. The summed E-state index contributed by atoms with van der Waals surface area (Å²) in [5.41, 5.74) is 0.000651. The first kappa shape index (κ1) is 20.1. The predicted octanol–water partition coefficient (Wildman–Crippen LogP) is 3.68.